The van der Waals surface area contributed by atoms with Crippen LogP contribution in [-0.2, 0) is 12.6 Å². The summed E-state index contributed by atoms with van der Waals surface area (Å²) < 4.78 is 45.0. The number of hydrogen-bond donors (Lipinski definition) is 0. The van der Waals surface area contributed by atoms with Gasteiger partial charge in [0.1, 0.15) is 5.56 Å². The molecule has 0 spiro atoms. The van der Waals surface area contributed by atoms with Gasteiger partial charge in [0.15, 0.2) is 0 Å². The molecule has 0 unspecified atom stereocenters. The molecule has 0 aliphatic rings. The molecule has 0 saturated heterocycles. The highest BCUT2D eigenvalue weighted by Crippen LogP contribution is 2.36. The van der Waals surface area contributed by atoms with Crippen molar-refractivity contribution in [1.29, 1.82) is 0 Å². The molecule has 0 saturated carbocycles. The molecule has 0 atom stereocenters. The van der Waals surface area contributed by atoms with Gasteiger partial charge >= 0.3 is 6.18 Å². The van der Waals surface area contributed by atoms with Crippen LogP contribution in [-0.4, -0.2) is 23.1 Å². The Bertz CT molecular complexity index is 719. The second kappa shape index (κ2) is 8.87. The standard InChI is InChI=1S/C19H24F3N3O/c1-4-7-11-26-17-16(19(20,21)22)13-23-18(24-17)25(6-3)15-10-8-9-14(5-2)12-15/h8-10,12-13H,4-7,11H2,1-3H3. The van der Waals surface area contributed by atoms with E-state index in [2.05, 4.69) is 9.97 Å². The van der Waals surface area contributed by atoms with Gasteiger partial charge in [0.25, 0.3) is 0 Å². The van der Waals surface area contributed by atoms with Gasteiger partial charge in [-0.05, 0) is 37.5 Å². The number of benzene rings is 1. The quantitative estimate of drug-likeness (QED) is 0.586. The number of rotatable bonds is 8. The van der Waals surface area contributed by atoms with Gasteiger partial charge in [-0.1, -0.05) is 32.4 Å². The van der Waals surface area contributed by atoms with Crippen LogP contribution in [0.4, 0.5) is 24.8 Å². The number of hydrogen-bond acceptors (Lipinski definition) is 4. The number of halogens is 3. The molecule has 1 heterocycles. The van der Waals surface area contributed by atoms with Crippen LogP contribution in [0.25, 0.3) is 0 Å². The minimum absolute atomic E-state index is 0.188. The van der Waals surface area contributed by atoms with Gasteiger partial charge in [-0.3, -0.25) is 0 Å². The number of nitrogens with zero attached hydrogens (tertiary/aromatic N) is 3. The third-order valence-corrected chi connectivity index (χ3v) is 3.97. The van der Waals surface area contributed by atoms with Crippen molar-refractivity contribution < 1.29 is 17.9 Å². The molecule has 4 nitrogen and oxygen atoms in total. The fraction of sp³-hybridized carbons (Fsp3) is 0.474. The number of alkyl halides is 3. The Hall–Kier alpha value is -2.31. The van der Waals surface area contributed by atoms with E-state index >= 15 is 0 Å². The van der Waals surface area contributed by atoms with E-state index in [1.807, 2.05) is 45.0 Å². The Morgan fingerprint density at radius 3 is 2.54 bits per heavy atom. The summed E-state index contributed by atoms with van der Waals surface area (Å²) in [5, 5.41) is 0. The predicted molar refractivity (Wildman–Crippen MR) is 95.9 cm³/mol. The predicted octanol–water partition coefficient (Wildman–Crippen LogP) is 5.39. The Balaban J connectivity index is 2.41. The van der Waals surface area contributed by atoms with Gasteiger partial charge in [0.2, 0.25) is 11.8 Å². The lowest BCUT2D eigenvalue weighted by Crippen LogP contribution is -2.21. The zero-order valence-corrected chi connectivity index (χ0v) is 15.3. The molecule has 7 heteroatoms. The van der Waals surface area contributed by atoms with Crippen molar-refractivity contribution in [2.24, 2.45) is 0 Å². The van der Waals surface area contributed by atoms with E-state index in [0.717, 1.165) is 30.3 Å². The van der Waals surface area contributed by atoms with Crippen LogP contribution in [0.15, 0.2) is 30.5 Å². The van der Waals surface area contributed by atoms with Crippen LogP contribution in [0.5, 0.6) is 5.88 Å². The summed E-state index contributed by atoms with van der Waals surface area (Å²) in [6.07, 6.45) is -1.41. The molecule has 0 aliphatic heterocycles. The molecule has 1 aromatic heterocycles. The van der Waals surface area contributed by atoms with Crippen LogP contribution in [0.3, 0.4) is 0 Å². The summed E-state index contributed by atoms with van der Waals surface area (Å²) in [5.74, 6) is -0.221. The van der Waals surface area contributed by atoms with E-state index in [9.17, 15) is 13.2 Å². The molecule has 2 aromatic rings. The molecule has 26 heavy (non-hydrogen) atoms. The van der Waals surface area contributed by atoms with E-state index in [1.54, 1.807) is 4.90 Å². The SMILES string of the molecule is CCCCOc1nc(N(CC)c2cccc(CC)c2)ncc1C(F)(F)F. The molecule has 0 N–H and O–H groups in total. The molecule has 1 aromatic carbocycles. The minimum atomic E-state index is -4.56. The van der Waals surface area contributed by atoms with Crippen LogP contribution < -0.4 is 9.64 Å². The number of unbranched alkanes of at least 4 members (excludes halogenated alkanes) is 1. The fourth-order valence-electron chi connectivity index (χ4n) is 2.49. The molecular formula is C19H24F3N3O. The van der Waals surface area contributed by atoms with E-state index in [1.165, 1.54) is 0 Å². The Morgan fingerprint density at radius 1 is 1.15 bits per heavy atom. The largest absolute Gasteiger partial charge is 0.477 e. The Labute approximate surface area is 152 Å². The molecule has 0 radical (unpaired) electrons. The molecule has 0 aliphatic carbocycles. The second-order valence-corrected chi connectivity index (χ2v) is 5.86. The smallest absolute Gasteiger partial charge is 0.423 e. The lowest BCUT2D eigenvalue weighted by atomic mass is 10.1. The second-order valence-electron chi connectivity index (χ2n) is 5.86. The summed E-state index contributed by atoms with van der Waals surface area (Å²) >= 11 is 0. The van der Waals surface area contributed by atoms with Crippen molar-refractivity contribution >= 4 is 11.6 Å². The zero-order chi connectivity index (χ0) is 19.2. The number of ether oxygens (including phenoxy) is 1. The highest BCUT2D eigenvalue weighted by molar-refractivity contribution is 5.58. The first kappa shape index (κ1) is 20.0. The first-order valence-corrected chi connectivity index (χ1v) is 8.84. The van der Waals surface area contributed by atoms with Gasteiger partial charge in [0, 0.05) is 18.4 Å². The molecule has 2 rings (SSSR count). The van der Waals surface area contributed by atoms with Gasteiger partial charge in [0.05, 0.1) is 6.61 Å². The number of aromatic nitrogens is 2. The van der Waals surface area contributed by atoms with Gasteiger partial charge in [-0.25, -0.2) is 4.98 Å². The van der Waals surface area contributed by atoms with Gasteiger partial charge in [-0.2, -0.15) is 18.2 Å². The van der Waals surface area contributed by atoms with Crippen LogP contribution in [0.2, 0.25) is 0 Å². The van der Waals surface area contributed by atoms with Gasteiger partial charge in [-0.15, -0.1) is 0 Å². The van der Waals surface area contributed by atoms with Crippen molar-refractivity contribution in [2.45, 2.75) is 46.2 Å². The van der Waals surface area contributed by atoms with E-state index in [0.29, 0.717) is 13.0 Å². The molecule has 0 bridgehead atoms. The van der Waals surface area contributed by atoms with E-state index in [4.69, 9.17) is 4.74 Å². The first-order chi connectivity index (χ1) is 12.4. The average molecular weight is 367 g/mol. The first-order valence-electron chi connectivity index (χ1n) is 8.84. The van der Waals surface area contributed by atoms with Crippen molar-refractivity contribution in [3.8, 4) is 5.88 Å². The summed E-state index contributed by atoms with van der Waals surface area (Å²) in [7, 11) is 0. The molecule has 0 amide bonds. The average Bonchev–Trinajstić information content (AvgIpc) is 2.62. The third kappa shape index (κ3) is 4.86. The maximum absolute atomic E-state index is 13.2. The normalized spacial score (nSPS) is 11.5. The van der Waals surface area contributed by atoms with E-state index < -0.39 is 17.6 Å². The van der Waals surface area contributed by atoms with Crippen molar-refractivity contribution in [1.82, 2.24) is 9.97 Å². The fourth-order valence-corrected chi connectivity index (χ4v) is 2.49. The van der Waals surface area contributed by atoms with E-state index in [-0.39, 0.29) is 12.6 Å². The summed E-state index contributed by atoms with van der Waals surface area (Å²) in [6.45, 7) is 6.60. The minimum Gasteiger partial charge on any atom is -0.477 e. The van der Waals surface area contributed by atoms with Crippen LogP contribution in [0.1, 0.15) is 44.7 Å². The summed E-state index contributed by atoms with van der Waals surface area (Å²) in [4.78, 5) is 9.81. The van der Waals surface area contributed by atoms with Crippen molar-refractivity contribution in [3.63, 3.8) is 0 Å². The highest BCUT2D eigenvalue weighted by atomic mass is 19.4. The van der Waals surface area contributed by atoms with Crippen LogP contribution >= 0.6 is 0 Å². The lowest BCUT2D eigenvalue weighted by molar-refractivity contribution is -0.139. The molecular weight excluding hydrogens is 343 g/mol. The maximum Gasteiger partial charge on any atom is 0.423 e. The monoisotopic (exact) mass is 367 g/mol. The topological polar surface area (TPSA) is 38.2 Å². The molecule has 142 valence electrons. The summed E-state index contributed by atoms with van der Waals surface area (Å²) in [5.41, 5.74) is 1.02. The van der Waals surface area contributed by atoms with Crippen molar-refractivity contribution in [3.05, 3.63) is 41.6 Å². The van der Waals surface area contributed by atoms with Gasteiger partial charge < -0.3 is 9.64 Å². The number of aryl methyl sites for hydroxylation is 1. The Kier molecular flexibility index (Phi) is 6.83. The zero-order valence-electron chi connectivity index (χ0n) is 15.3. The molecule has 0 fully saturated rings. The maximum atomic E-state index is 13.2. The van der Waals surface area contributed by atoms with Crippen LogP contribution in [0, 0.1) is 0 Å². The lowest BCUT2D eigenvalue weighted by Gasteiger charge is -2.23. The highest BCUT2D eigenvalue weighted by Gasteiger charge is 2.36. The van der Waals surface area contributed by atoms with Crippen molar-refractivity contribution in [2.75, 3.05) is 18.1 Å². The Morgan fingerprint density at radius 2 is 1.92 bits per heavy atom. The number of anilines is 2. The summed E-state index contributed by atoms with van der Waals surface area (Å²) in [6, 6.07) is 7.80. The third-order valence-electron chi connectivity index (χ3n) is 3.97.